The number of carboxylic acids is 1. The van der Waals surface area contributed by atoms with Crippen LogP contribution in [0.3, 0.4) is 0 Å². The van der Waals surface area contributed by atoms with Crippen LogP contribution >= 0.6 is 0 Å². The van der Waals surface area contributed by atoms with Crippen LogP contribution in [-0.2, 0) is 14.3 Å². The molecule has 0 aliphatic rings. The van der Waals surface area contributed by atoms with E-state index in [9.17, 15) is 9.59 Å². The van der Waals surface area contributed by atoms with Crippen LogP contribution in [-0.4, -0.2) is 23.1 Å². The molecule has 0 bridgehead atoms. The molecule has 0 rings (SSSR count). The van der Waals surface area contributed by atoms with Gasteiger partial charge in [0.25, 0.3) is 0 Å². The molecule has 0 saturated heterocycles. The monoisotopic (exact) mass is 695 g/mol. The first-order valence-corrected chi connectivity index (χ1v) is 20.9. The van der Waals surface area contributed by atoms with Gasteiger partial charge < -0.3 is 9.84 Å². The molecule has 1 unspecified atom stereocenters. The third-order valence-electron chi connectivity index (χ3n) is 8.94. The fourth-order valence-electron chi connectivity index (χ4n) is 5.89. The minimum absolute atomic E-state index is 0.00732. The highest BCUT2D eigenvalue weighted by Crippen LogP contribution is 2.18. The molecule has 286 valence electrons. The summed E-state index contributed by atoms with van der Waals surface area (Å²) in [4.78, 5) is 23.3. The molecule has 0 aromatic carbocycles. The van der Waals surface area contributed by atoms with E-state index < -0.39 is 5.97 Å². The smallest absolute Gasteiger partial charge is 0.306 e. The summed E-state index contributed by atoms with van der Waals surface area (Å²) < 4.78 is 6.01. The second-order valence-corrected chi connectivity index (χ2v) is 13.8. The van der Waals surface area contributed by atoms with E-state index in [4.69, 9.17) is 9.84 Å². The molecule has 0 radical (unpaired) electrons. The molecule has 0 spiro atoms. The van der Waals surface area contributed by atoms with Gasteiger partial charge in [-0.2, -0.15) is 0 Å². The van der Waals surface area contributed by atoms with E-state index in [0.29, 0.717) is 12.8 Å². The zero-order valence-corrected chi connectivity index (χ0v) is 32.7. The van der Waals surface area contributed by atoms with Crippen LogP contribution in [0.2, 0.25) is 0 Å². The van der Waals surface area contributed by atoms with Crippen LogP contribution in [0.1, 0.15) is 200 Å². The van der Waals surface area contributed by atoms with Crippen molar-refractivity contribution in [3.05, 3.63) is 72.9 Å². The number of hydrogen-bond donors (Lipinski definition) is 1. The Morgan fingerprint density at radius 2 is 0.840 bits per heavy atom. The zero-order valence-electron chi connectivity index (χ0n) is 32.7. The highest BCUT2D eigenvalue weighted by atomic mass is 16.5. The van der Waals surface area contributed by atoms with Crippen LogP contribution in [0.4, 0.5) is 0 Å². The van der Waals surface area contributed by atoms with Crippen molar-refractivity contribution in [1.29, 1.82) is 0 Å². The first-order chi connectivity index (χ1) is 24.6. The first kappa shape index (κ1) is 47.4. The van der Waals surface area contributed by atoms with Gasteiger partial charge in [0.2, 0.25) is 0 Å². The lowest BCUT2D eigenvalue weighted by atomic mass is 10.0. The molecule has 0 aromatic rings. The fourth-order valence-corrected chi connectivity index (χ4v) is 5.89. The quantitative estimate of drug-likeness (QED) is 0.0399. The van der Waals surface area contributed by atoms with Gasteiger partial charge in [0.15, 0.2) is 0 Å². The molecule has 4 nitrogen and oxygen atoms in total. The zero-order chi connectivity index (χ0) is 36.4. The fraction of sp³-hybridized carbons (Fsp3) is 0.696. The summed E-state index contributed by atoms with van der Waals surface area (Å²) in [6.07, 6.45) is 58.0. The molecule has 0 aromatic heterocycles. The summed E-state index contributed by atoms with van der Waals surface area (Å²) in [6, 6.07) is 0. The van der Waals surface area contributed by atoms with Crippen molar-refractivity contribution in [2.75, 3.05) is 0 Å². The summed E-state index contributed by atoms with van der Waals surface area (Å²) in [7, 11) is 0. The third kappa shape index (κ3) is 39.8. The minimum Gasteiger partial charge on any atom is -0.481 e. The molecule has 0 amide bonds. The van der Waals surface area contributed by atoms with E-state index in [1.54, 1.807) is 0 Å². The average molecular weight is 695 g/mol. The Hall–Kier alpha value is -2.62. The maximum Gasteiger partial charge on any atom is 0.306 e. The van der Waals surface area contributed by atoms with Crippen LogP contribution in [0.25, 0.3) is 0 Å². The second kappa shape index (κ2) is 40.8. The van der Waals surface area contributed by atoms with Gasteiger partial charge in [-0.25, -0.2) is 0 Å². The predicted molar refractivity (Wildman–Crippen MR) is 218 cm³/mol. The summed E-state index contributed by atoms with van der Waals surface area (Å²) in [5, 5.41) is 8.72. The number of aliphatic carboxylic acids is 1. The van der Waals surface area contributed by atoms with Crippen LogP contribution < -0.4 is 0 Å². The molecular formula is C46H78O4. The predicted octanol–water partition coefficient (Wildman–Crippen LogP) is 14.7. The third-order valence-corrected chi connectivity index (χ3v) is 8.94. The molecule has 0 heterocycles. The van der Waals surface area contributed by atoms with Crippen molar-refractivity contribution in [3.63, 3.8) is 0 Å². The Kier molecular flexibility index (Phi) is 38.7. The van der Waals surface area contributed by atoms with Crippen LogP contribution in [0, 0.1) is 0 Å². The van der Waals surface area contributed by atoms with E-state index in [0.717, 1.165) is 103 Å². The van der Waals surface area contributed by atoms with E-state index in [2.05, 4.69) is 86.8 Å². The van der Waals surface area contributed by atoms with Crippen molar-refractivity contribution < 1.29 is 19.4 Å². The van der Waals surface area contributed by atoms with Gasteiger partial charge in [0, 0.05) is 12.8 Å². The largest absolute Gasteiger partial charge is 0.481 e. The maximum absolute atomic E-state index is 12.7. The first-order valence-electron chi connectivity index (χ1n) is 20.9. The van der Waals surface area contributed by atoms with Gasteiger partial charge in [-0.3, -0.25) is 9.59 Å². The normalized spacial score (nSPS) is 13.0. The number of allylic oxidation sites excluding steroid dienone is 12. The number of hydrogen-bond acceptors (Lipinski definition) is 3. The summed E-state index contributed by atoms with van der Waals surface area (Å²) in [6.45, 7) is 4.42. The number of unbranched alkanes of at least 4 members (excludes halogenated alkanes) is 16. The molecule has 0 aliphatic heterocycles. The van der Waals surface area contributed by atoms with E-state index >= 15 is 0 Å². The average Bonchev–Trinajstić information content (AvgIpc) is 3.10. The Labute approximate surface area is 309 Å². The molecule has 4 heteroatoms. The number of carbonyl (C=O) groups is 2. The van der Waals surface area contributed by atoms with Crippen molar-refractivity contribution in [2.45, 2.75) is 206 Å². The standard InChI is InChI=1S/C46H78O4/c1-3-5-7-9-11-12-13-14-15-16-17-18-19-20-21-22-23-28-31-35-39-43-46(49)50-44(40-36-32-10-8-6-4-2)41-37-33-29-26-24-25-27-30-34-38-42-45(47)48/h5,7,11-12,14-15,17-18,20-21,23,28,44H,3-4,6,8-10,13,16,19,22,24-27,29-43H2,1-2H3,(H,47,48)/b7-5-,12-11-,15-14-,18-17-,21-20-,28-23-. The van der Waals surface area contributed by atoms with Gasteiger partial charge >= 0.3 is 11.9 Å². The van der Waals surface area contributed by atoms with Gasteiger partial charge in [-0.1, -0.05) is 170 Å². The van der Waals surface area contributed by atoms with E-state index in [1.807, 2.05) is 0 Å². The lowest BCUT2D eigenvalue weighted by molar-refractivity contribution is -0.150. The molecule has 1 N–H and O–H groups in total. The minimum atomic E-state index is -0.679. The lowest BCUT2D eigenvalue weighted by Gasteiger charge is -2.18. The molecule has 50 heavy (non-hydrogen) atoms. The van der Waals surface area contributed by atoms with Crippen molar-refractivity contribution in [3.8, 4) is 0 Å². The van der Waals surface area contributed by atoms with Crippen molar-refractivity contribution >= 4 is 11.9 Å². The molecule has 1 atom stereocenters. The number of carbonyl (C=O) groups excluding carboxylic acids is 1. The lowest BCUT2D eigenvalue weighted by Crippen LogP contribution is -2.18. The van der Waals surface area contributed by atoms with Crippen LogP contribution in [0.5, 0.6) is 0 Å². The number of ether oxygens (including phenoxy) is 1. The van der Waals surface area contributed by atoms with Crippen molar-refractivity contribution in [1.82, 2.24) is 0 Å². The Balaban J connectivity index is 4.04. The Bertz CT molecular complexity index is 922. The summed E-state index contributed by atoms with van der Waals surface area (Å²) in [5.41, 5.74) is 0. The van der Waals surface area contributed by atoms with Gasteiger partial charge in [-0.05, 0) is 89.9 Å². The topological polar surface area (TPSA) is 63.6 Å². The Morgan fingerprint density at radius 3 is 1.28 bits per heavy atom. The second-order valence-electron chi connectivity index (χ2n) is 13.8. The van der Waals surface area contributed by atoms with Gasteiger partial charge in [0.05, 0.1) is 0 Å². The van der Waals surface area contributed by atoms with E-state index in [1.165, 1.54) is 70.6 Å². The SMILES string of the molecule is CC/C=C\C/C=C\C/C=C\C/C=C\C/C=C\C/C=C\CCCCC(=O)OC(CCCCCCCC)CCCCCCCCCCCCC(=O)O. The summed E-state index contributed by atoms with van der Waals surface area (Å²) >= 11 is 0. The number of rotatable bonds is 37. The number of esters is 1. The molecule has 0 fully saturated rings. The summed E-state index contributed by atoms with van der Waals surface area (Å²) in [5.74, 6) is -0.686. The number of carboxylic acid groups (broad SMARTS) is 1. The molecular weight excluding hydrogens is 617 g/mol. The Morgan fingerprint density at radius 1 is 0.460 bits per heavy atom. The van der Waals surface area contributed by atoms with Crippen LogP contribution in [0.15, 0.2) is 72.9 Å². The van der Waals surface area contributed by atoms with Gasteiger partial charge in [0.1, 0.15) is 6.10 Å². The highest BCUT2D eigenvalue weighted by Gasteiger charge is 2.14. The molecule has 0 saturated carbocycles. The highest BCUT2D eigenvalue weighted by molar-refractivity contribution is 5.69. The van der Waals surface area contributed by atoms with Crippen molar-refractivity contribution in [2.24, 2.45) is 0 Å². The van der Waals surface area contributed by atoms with Gasteiger partial charge in [-0.15, -0.1) is 0 Å². The van der Waals surface area contributed by atoms with E-state index in [-0.39, 0.29) is 12.1 Å². The molecule has 0 aliphatic carbocycles. The maximum atomic E-state index is 12.7.